The molecule has 0 bridgehead atoms. The molecule has 4 rings (SSSR count). The Morgan fingerprint density at radius 1 is 1.43 bits per heavy atom. The molecule has 1 unspecified atom stereocenters. The first kappa shape index (κ1) is 19.0. The first-order chi connectivity index (χ1) is 13.7. The molecule has 28 heavy (non-hydrogen) atoms. The highest BCUT2D eigenvalue weighted by atomic mass is 16.5. The maximum atomic E-state index is 13.3. The predicted octanol–water partition coefficient (Wildman–Crippen LogP) is 1.75. The fraction of sp³-hybridized carbons (Fsp3) is 0.524. The van der Waals surface area contributed by atoms with Crippen LogP contribution in [0.4, 0.5) is 0 Å². The van der Waals surface area contributed by atoms with Crippen LogP contribution >= 0.6 is 0 Å². The van der Waals surface area contributed by atoms with Gasteiger partial charge in [0, 0.05) is 30.9 Å². The van der Waals surface area contributed by atoms with Crippen molar-refractivity contribution < 1.29 is 14.3 Å². The predicted molar refractivity (Wildman–Crippen MR) is 105 cm³/mol. The van der Waals surface area contributed by atoms with E-state index in [1.807, 2.05) is 42.1 Å². The normalized spacial score (nSPS) is 21.4. The van der Waals surface area contributed by atoms with Gasteiger partial charge in [0.05, 0.1) is 13.2 Å². The molecule has 1 amide bonds. The summed E-state index contributed by atoms with van der Waals surface area (Å²) in [7, 11) is 0. The van der Waals surface area contributed by atoms with Crippen molar-refractivity contribution in [1.29, 1.82) is 0 Å². The van der Waals surface area contributed by atoms with E-state index in [4.69, 9.17) is 9.47 Å². The van der Waals surface area contributed by atoms with E-state index in [0.29, 0.717) is 13.2 Å². The van der Waals surface area contributed by atoms with Crippen molar-refractivity contribution in [2.75, 3.05) is 26.3 Å². The zero-order chi connectivity index (χ0) is 19.4. The number of hydrogen-bond donors (Lipinski definition) is 2. The first-order valence-corrected chi connectivity index (χ1v) is 10.0. The van der Waals surface area contributed by atoms with Gasteiger partial charge in [-0.05, 0) is 50.6 Å². The van der Waals surface area contributed by atoms with Crippen LogP contribution in [-0.2, 0) is 21.6 Å². The van der Waals surface area contributed by atoms with E-state index in [0.717, 1.165) is 55.8 Å². The van der Waals surface area contributed by atoms with Gasteiger partial charge in [-0.25, -0.2) is 0 Å². The van der Waals surface area contributed by atoms with Gasteiger partial charge in [0.1, 0.15) is 17.4 Å². The number of rotatable bonds is 6. The van der Waals surface area contributed by atoms with E-state index < -0.39 is 5.54 Å². The summed E-state index contributed by atoms with van der Waals surface area (Å²) in [6.45, 7) is 5.43. The van der Waals surface area contributed by atoms with Gasteiger partial charge < -0.3 is 20.1 Å². The van der Waals surface area contributed by atoms with Crippen molar-refractivity contribution in [3.05, 3.63) is 47.8 Å². The van der Waals surface area contributed by atoms with E-state index in [-0.39, 0.29) is 12.0 Å². The van der Waals surface area contributed by atoms with Crippen LogP contribution in [0, 0.1) is 6.92 Å². The second kappa shape index (κ2) is 8.32. The smallest absolute Gasteiger partial charge is 0.248 e. The second-order valence-corrected chi connectivity index (χ2v) is 7.63. The average Bonchev–Trinajstić information content (AvgIpc) is 3.42. The molecule has 3 heterocycles. The second-order valence-electron chi connectivity index (χ2n) is 7.63. The highest BCUT2D eigenvalue weighted by Crippen LogP contribution is 2.28. The molecule has 2 aliphatic heterocycles. The number of amides is 1. The lowest BCUT2D eigenvalue weighted by molar-refractivity contribution is -0.132. The molecule has 1 atom stereocenters. The van der Waals surface area contributed by atoms with Gasteiger partial charge in [-0.3, -0.25) is 9.48 Å². The number of aryl methyl sites for hydroxylation is 1. The molecule has 1 aromatic carbocycles. The van der Waals surface area contributed by atoms with Crippen LogP contribution in [0.3, 0.4) is 0 Å². The number of ether oxygens (including phenoxy) is 2. The summed E-state index contributed by atoms with van der Waals surface area (Å²) in [5.74, 6) is 0.836. The number of carbonyl (C=O) groups excluding carboxylic acids is 1. The Bertz CT molecular complexity index is 794. The Balaban J connectivity index is 1.49. The summed E-state index contributed by atoms with van der Waals surface area (Å²) in [5.41, 5.74) is 1.48. The SMILES string of the molecule is Cc1ccc(CNC(=O)C2(n3cccn3)CCNCC2)c(OC2CCOC2)c1. The summed E-state index contributed by atoms with van der Waals surface area (Å²) in [5, 5.41) is 10.9. The van der Waals surface area contributed by atoms with E-state index in [9.17, 15) is 4.79 Å². The lowest BCUT2D eigenvalue weighted by Crippen LogP contribution is -2.54. The summed E-state index contributed by atoms with van der Waals surface area (Å²) in [4.78, 5) is 13.3. The van der Waals surface area contributed by atoms with Crippen molar-refractivity contribution in [2.24, 2.45) is 0 Å². The van der Waals surface area contributed by atoms with E-state index >= 15 is 0 Å². The largest absolute Gasteiger partial charge is 0.488 e. The molecule has 7 nitrogen and oxygen atoms in total. The number of aromatic nitrogens is 2. The molecule has 2 fully saturated rings. The Hall–Kier alpha value is -2.38. The number of piperidine rings is 1. The third-order valence-corrected chi connectivity index (χ3v) is 5.64. The van der Waals surface area contributed by atoms with E-state index in [2.05, 4.69) is 15.7 Å². The molecule has 0 saturated carbocycles. The Kier molecular flexibility index (Phi) is 5.64. The zero-order valence-electron chi connectivity index (χ0n) is 16.3. The van der Waals surface area contributed by atoms with Gasteiger partial charge in [0.15, 0.2) is 0 Å². The van der Waals surface area contributed by atoms with Crippen molar-refractivity contribution in [3.8, 4) is 5.75 Å². The minimum absolute atomic E-state index is 0.00780. The molecule has 2 saturated heterocycles. The van der Waals surface area contributed by atoms with Gasteiger partial charge in [0.25, 0.3) is 0 Å². The fourth-order valence-corrected chi connectivity index (χ4v) is 3.97. The Morgan fingerprint density at radius 3 is 3.00 bits per heavy atom. The molecule has 7 heteroatoms. The van der Waals surface area contributed by atoms with Crippen LogP contribution in [0.5, 0.6) is 5.75 Å². The standard InChI is InChI=1S/C21H28N4O3/c1-16-3-4-17(19(13-16)28-18-5-12-27-15-18)14-23-20(26)21(6-9-22-10-7-21)25-11-2-8-24-25/h2-4,8,11,13,18,22H,5-7,9-10,12,14-15H2,1H3,(H,23,26). The number of hydrogen-bond acceptors (Lipinski definition) is 5. The van der Waals surface area contributed by atoms with Crippen LogP contribution < -0.4 is 15.4 Å². The third kappa shape index (κ3) is 3.91. The molecule has 0 radical (unpaired) electrons. The molecule has 2 aliphatic rings. The molecule has 0 aliphatic carbocycles. The van der Waals surface area contributed by atoms with E-state index in [1.165, 1.54) is 0 Å². The van der Waals surface area contributed by atoms with Gasteiger partial charge in [-0.15, -0.1) is 0 Å². The van der Waals surface area contributed by atoms with Crippen molar-refractivity contribution >= 4 is 5.91 Å². The van der Waals surface area contributed by atoms with Gasteiger partial charge >= 0.3 is 0 Å². The molecule has 0 spiro atoms. The molecule has 150 valence electrons. The molecule has 1 aromatic heterocycles. The lowest BCUT2D eigenvalue weighted by atomic mass is 9.87. The Morgan fingerprint density at radius 2 is 2.29 bits per heavy atom. The topological polar surface area (TPSA) is 77.4 Å². The highest BCUT2D eigenvalue weighted by molar-refractivity contribution is 5.84. The van der Waals surface area contributed by atoms with Crippen LogP contribution in [0.15, 0.2) is 36.7 Å². The number of carbonyl (C=O) groups is 1. The fourth-order valence-electron chi connectivity index (χ4n) is 3.97. The van der Waals surface area contributed by atoms with E-state index in [1.54, 1.807) is 6.20 Å². The maximum Gasteiger partial charge on any atom is 0.248 e. The van der Waals surface area contributed by atoms with Crippen LogP contribution in [0.2, 0.25) is 0 Å². The Labute approximate surface area is 165 Å². The maximum absolute atomic E-state index is 13.3. The quantitative estimate of drug-likeness (QED) is 0.794. The summed E-state index contributed by atoms with van der Waals surface area (Å²) in [6.07, 6.45) is 6.03. The minimum atomic E-state index is -0.639. The van der Waals surface area contributed by atoms with Gasteiger partial charge in [-0.2, -0.15) is 5.10 Å². The van der Waals surface area contributed by atoms with Crippen LogP contribution in [0.1, 0.15) is 30.4 Å². The lowest BCUT2D eigenvalue weighted by Gasteiger charge is -2.36. The minimum Gasteiger partial charge on any atom is -0.488 e. The zero-order valence-corrected chi connectivity index (χ0v) is 16.3. The average molecular weight is 384 g/mol. The summed E-state index contributed by atoms with van der Waals surface area (Å²) in [6, 6.07) is 7.98. The van der Waals surface area contributed by atoms with Crippen LogP contribution in [-0.4, -0.2) is 48.1 Å². The molecule has 2 N–H and O–H groups in total. The number of nitrogens with zero attached hydrogens (tertiary/aromatic N) is 2. The molecule has 2 aromatic rings. The summed E-state index contributed by atoms with van der Waals surface area (Å²) < 4.78 is 13.4. The van der Waals surface area contributed by atoms with Gasteiger partial charge in [0.2, 0.25) is 5.91 Å². The van der Waals surface area contributed by atoms with Crippen molar-refractivity contribution in [3.63, 3.8) is 0 Å². The first-order valence-electron chi connectivity index (χ1n) is 10.0. The van der Waals surface area contributed by atoms with Gasteiger partial charge in [-0.1, -0.05) is 12.1 Å². The van der Waals surface area contributed by atoms with Crippen LogP contribution in [0.25, 0.3) is 0 Å². The third-order valence-electron chi connectivity index (χ3n) is 5.64. The van der Waals surface area contributed by atoms with Crippen molar-refractivity contribution in [2.45, 2.75) is 44.4 Å². The monoisotopic (exact) mass is 384 g/mol. The summed E-state index contributed by atoms with van der Waals surface area (Å²) >= 11 is 0. The highest BCUT2D eigenvalue weighted by Gasteiger charge is 2.41. The van der Waals surface area contributed by atoms with Crippen molar-refractivity contribution in [1.82, 2.24) is 20.4 Å². The number of nitrogens with one attached hydrogen (secondary N) is 2. The number of benzene rings is 1. The molecular weight excluding hydrogens is 356 g/mol. The molecular formula is C21H28N4O3.